The molecule has 0 radical (unpaired) electrons. The summed E-state index contributed by atoms with van der Waals surface area (Å²) in [4.78, 5) is 40.1. The number of amides is 2. The van der Waals surface area contributed by atoms with Gasteiger partial charge in [-0.15, -0.1) is 0 Å². The summed E-state index contributed by atoms with van der Waals surface area (Å²) in [5.74, 6) is 1.74. The van der Waals surface area contributed by atoms with Crippen molar-refractivity contribution in [1.82, 2.24) is 14.9 Å². The fraction of sp³-hybridized carbons (Fsp3) is 0.556. The summed E-state index contributed by atoms with van der Waals surface area (Å²) in [5, 5.41) is 0. The quantitative estimate of drug-likeness (QED) is 0.693. The topological polar surface area (TPSA) is 66.4 Å². The van der Waals surface area contributed by atoms with E-state index in [1.807, 2.05) is 6.92 Å². The molecular formula is C27H34N4O2. The van der Waals surface area contributed by atoms with Crippen molar-refractivity contribution in [3.63, 3.8) is 0 Å². The number of aryl methyl sites for hydroxylation is 2. The average Bonchev–Trinajstić information content (AvgIpc) is 3.33. The van der Waals surface area contributed by atoms with Gasteiger partial charge in [0.15, 0.2) is 5.82 Å². The van der Waals surface area contributed by atoms with Crippen molar-refractivity contribution in [2.24, 2.45) is 0 Å². The average molecular weight is 447 g/mol. The smallest absolute Gasteiger partial charge is 0.233 e. The number of hydrogen-bond acceptors (Lipinski definition) is 4. The van der Waals surface area contributed by atoms with Gasteiger partial charge in [0.1, 0.15) is 5.82 Å². The lowest BCUT2D eigenvalue weighted by molar-refractivity contribution is -0.141. The molecule has 1 aromatic carbocycles. The van der Waals surface area contributed by atoms with E-state index in [1.165, 1.54) is 5.56 Å². The molecule has 0 N–H and O–H groups in total. The molecule has 0 unspecified atom stereocenters. The minimum Gasteiger partial charge on any atom is -0.332 e. The van der Waals surface area contributed by atoms with Gasteiger partial charge >= 0.3 is 0 Å². The lowest BCUT2D eigenvalue weighted by Crippen LogP contribution is -2.49. The second-order valence-electron chi connectivity index (χ2n) is 10.1. The van der Waals surface area contributed by atoms with Crippen molar-refractivity contribution in [2.45, 2.75) is 83.1 Å². The van der Waals surface area contributed by atoms with Crippen molar-refractivity contribution in [3.8, 4) is 0 Å². The molecule has 1 saturated carbocycles. The Labute approximate surface area is 196 Å². The van der Waals surface area contributed by atoms with Gasteiger partial charge in [-0.05, 0) is 57.9 Å². The molecule has 0 spiro atoms. The van der Waals surface area contributed by atoms with Crippen LogP contribution in [-0.4, -0.2) is 40.3 Å². The summed E-state index contributed by atoms with van der Waals surface area (Å²) in [6, 6.07) is 8.41. The summed E-state index contributed by atoms with van der Waals surface area (Å²) in [6.07, 6.45) is 8.09. The number of fused-ring (bicyclic) bond motifs is 1. The largest absolute Gasteiger partial charge is 0.332 e. The molecular weight excluding hydrogens is 412 g/mol. The van der Waals surface area contributed by atoms with Gasteiger partial charge in [0, 0.05) is 31.3 Å². The highest BCUT2D eigenvalue weighted by Crippen LogP contribution is 2.45. The molecule has 33 heavy (non-hydrogen) atoms. The number of aromatic nitrogens is 2. The van der Waals surface area contributed by atoms with E-state index in [2.05, 4.69) is 36.1 Å². The fourth-order valence-corrected chi connectivity index (χ4v) is 6.03. The summed E-state index contributed by atoms with van der Waals surface area (Å²) in [7, 11) is 1.80. The second-order valence-corrected chi connectivity index (χ2v) is 10.1. The van der Waals surface area contributed by atoms with E-state index in [9.17, 15) is 9.59 Å². The number of benzene rings is 1. The highest BCUT2D eigenvalue weighted by molar-refractivity contribution is 5.95. The Bertz CT molecular complexity index is 1070. The van der Waals surface area contributed by atoms with Crippen LogP contribution in [-0.2, 0) is 21.4 Å². The van der Waals surface area contributed by atoms with Gasteiger partial charge < -0.3 is 4.90 Å². The normalized spacial score (nSPS) is 22.4. The molecule has 3 aliphatic rings. The van der Waals surface area contributed by atoms with Crippen LogP contribution >= 0.6 is 0 Å². The van der Waals surface area contributed by atoms with Crippen LogP contribution in [0, 0.1) is 13.8 Å². The molecule has 2 aliphatic heterocycles. The number of carbonyl (C=O) groups is 2. The lowest BCUT2D eigenvalue weighted by atomic mass is 9.76. The first-order valence-electron chi connectivity index (χ1n) is 12.4. The Balaban J connectivity index is 1.53. The Morgan fingerprint density at radius 3 is 2.45 bits per heavy atom. The Hall–Kier alpha value is -2.76. The van der Waals surface area contributed by atoms with Crippen LogP contribution in [0.25, 0.3) is 0 Å². The van der Waals surface area contributed by atoms with Crippen LogP contribution < -0.4 is 4.90 Å². The molecule has 1 aromatic heterocycles. The third-order valence-corrected chi connectivity index (χ3v) is 8.02. The van der Waals surface area contributed by atoms with Gasteiger partial charge in [-0.25, -0.2) is 9.97 Å². The first kappa shape index (κ1) is 22.1. The first-order chi connectivity index (χ1) is 15.9. The van der Waals surface area contributed by atoms with E-state index in [-0.39, 0.29) is 17.9 Å². The van der Waals surface area contributed by atoms with Crippen molar-refractivity contribution < 1.29 is 9.59 Å². The number of rotatable bonds is 3. The number of likely N-dealkylation sites (tertiary alicyclic amines) is 1. The maximum Gasteiger partial charge on any atom is 0.233 e. The molecule has 6 nitrogen and oxygen atoms in total. The molecule has 2 fully saturated rings. The third-order valence-electron chi connectivity index (χ3n) is 8.02. The molecule has 3 heterocycles. The predicted octanol–water partition coefficient (Wildman–Crippen LogP) is 4.57. The van der Waals surface area contributed by atoms with Gasteiger partial charge in [-0.3, -0.25) is 14.5 Å². The predicted molar refractivity (Wildman–Crippen MR) is 128 cm³/mol. The summed E-state index contributed by atoms with van der Waals surface area (Å²) >= 11 is 0. The van der Waals surface area contributed by atoms with Gasteiger partial charge in [0.2, 0.25) is 11.8 Å². The zero-order valence-electron chi connectivity index (χ0n) is 20.1. The Morgan fingerprint density at radius 1 is 1.00 bits per heavy atom. The van der Waals surface area contributed by atoms with Gasteiger partial charge in [-0.1, -0.05) is 42.7 Å². The zero-order valence-corrected chi connectivity index (χ0v) is 20.1. The molecule has 6 heteroatoms. The molecule has 0 bridgehead atoms. The van der Waals surface area contributed by atoms with Crippen LogP contribution in [0.5, 0.6) is 0 Å². The van der Waals surface area contributed by atoms with Crippen molar-refractivity contribution in [3.05, 3.63) is 52.5 Å². The van der Waals surface area contributed by atoms with Crippen LogP contribution in [0.4, 0.5) is 5.82 Å². The number of hydrogen-bond donors (Lipinski definition) is 0. The zero-order chi connectivity index (χ0) is 23.2. The van der Waals surface area contributed by atoms with E-state index in [4.69, 9.17) is 9.97 Å². The van der Waals surface area contributed by atoms with Crippen molar-refractivity contribution in [2.75, 3.05) is 18.5 Å². The van der Waals surface area contributed by atoms with Gasteiger partial charge in [-0.2, -0.15) is 0 Å². The minimum atomic E-state index is -0.445. The minimum absolute atomic E-state index is 0.0902. The van der Waals surface area contributed by atoms with Crippen LogP contribution in [0.1, 0.15) is 85.6 Å². The highest BCUT2D eigenvalue weighted by atomic mass is 16.2. The molecule has 5 rings (SSSR count). The third kappa shape index (κ3) is 3.73. The fourth-order valence-electron chi connectivity index (χ4n) is 6.03. The SMILES string of the molecule is Cc1ccc(C2(C(=O)N3CCCC[C@@H]3c3nc(C)c4c(n3)N(C)C(=O)CC4)CCCC2)cc1. The number of piperidine rings is 1. The summed E-state index contributed by atoms with van der Waals surface area (Å²) < 4.78 is 0. The van der Waals surface area contributed by atoms with Crippen LogP contribution in [0.2, 0.25) is 0 Å². The number of anilines is 1. The van der Waals surface area contributed by atoms with E-state index >= 15 is 0 Å². The van der Waals surface area contributed by atoms with E-state index in [0.29, 0.717) is 18.7 Å². The van der Waals surface area contributed by atoms with Crippen molar-refractivity contribution >= 4 is 17.6 Å². The Morgan fingerprint density at radius 2 is 1.73 bits per heavy atom. The highest BCUT2D eigenvalue weighted by Gasteiger charge is 2.47. The molecule has 1 saturated heterocycles. The monoisotopic (exact) mass is 446 g/mol. The first-order valence-corrected chi connectivity index (χ1v) is 12.4. The maximum absolute atomic E-state index is 14.3. The standard InChI is InChI=1S/C27H34N4O2/c1-18-9-11-20(12-10-18)27(15-5-6-16-27)26(33)31-17-7-4-8-22(31)24-28-19(2)21-13-14-23(32)30(3)25(21)29-24/h9-12,22H,4-8,13-17H2,1-3H3/t22-/m1/s1. The number of carbonyl (C=O) groups excluding carboxylic acids is 2. The second kappa shape index (κ2) is 8.54. The van der Waals surface area contributed by atoms with E-state index in [0.717, 1.165) is 74.1 Å². The van der Waals surface area contributed by atoms with Gasteiger partial charge in [0.05, 0.1) is 11.5 Å². The van der Waals surface area contributed by atoms with Crippen LogP contribution in [0.15, 0.2) is 24.3 Å². The molecule has 2 aromatic rings. The Kier molecular flexibility index (Phi) is 5.71. The number of nitrogens with zero attached hydrogens (tertiary/aromatic N) is 4. The van der Waals surface area contributed by atoms with E-state index < -0.39 is 5.41 Å². The molecule has 1 atom stereocenters. The van der Waals surface area contributed by atoms with Crippen molar-refractivity contribution in [1.29, 1.82) is 0 Å². The summed E-state index contributed by atoms with van der Waals surface area (Å²) in [5.41, 5.74) is 3.90. The van der Waals surface area contributed by atoms with Crippen LogP contribution in [0.3, 0.4) is 0 Å². The molecule has 2 amide bonds. The molecule has 174 valence electrons. The molecule has 1 aliphatic carbocycles. The van der Waals surface area contributed by atoms with Gasteiger partial charge in [0.25, 0.3) is 0 Å². The lowest BCUT2D eigenvalue weighted by Gasteiger charge is -2.41. The summed E-state index contributed by atoms with van der Waals surface area (Å²) in [6.45, 7) is 4.84. The maximum atomic E-state index is 14.3. The van der Waals surface area contributed by atoms with E-state index in [1.54, 1.807) is 11.9 Å².